The van der Waals surface area contributed by atoms with E-state index < -0.39 is 5.91 Å². The summed E-state index contributed by atoms with van der Waals surface area (Å²) in [6.45, 7) is 4.47. The summed E-state index contributed by atoms with van der Waals surface area (Å²) in [5.41, 5.74) is 6.65. The molecule has 3 nitrogen and oxygen atoms in total. The third-order valence-corrected chi connectivity index (χ3v) is 2.57. The van der Waals surface area contributed by atoms with Gasteiger partial charge < -0.3 is 5.73 Å². The fourth-order valence-electron chi connectivity index (χ4n) is 1.58. The van der Waals surface area contributed by atoms with Crippen LogP contribution in [0.2, 0.25) is 0 Å². The highest BCUT2D eigenvalue weighted by molar-refractivity contribution is 5.92. The van der Waals surface area contributed by atoms with Crippen LogP contribution in [0, 0.1) is 5.92 Å². The quantitative estimate of drug-likeness (QED) is 0.749. The van der Waals surface area contributed by atoms with Gasteiger partial charge >= 0.3 is 0 Å². The zero-order valence-electron chi connectivity index (χ0n) is 10.1. The molecule has 0 atom stereocenters. The molecule has 0 bridgehead atoms. The van der Waals surface area contributed by atoms with Crippen LogP contribution in [0.4, 0.5) is 0 Å². The maximum Gasteiger partial charge on any atom is 0.250 e. The number of carbonyl (C=O) groups is 1. The Morgan fingerprint density at radius 1 is 1.38 bits per heavy atom. The van der Waals surface area contributed by atoms with Crippen LogP contribution in [0.25, 0.3) is 0 Å². The predicted octanol–water partition coefficient (Wildman–Crippen LogP) is 2.55. The molecule has 16 heavy (non-hydrogen) atoms. The summed E-state index contributed by atoms with van der Waals surface area (Å²) in [5.74, 6) is 0.351. The van der Waals surface area contributed by atoms with E-state index in [9.17, 15) is 4.79 Å². The van der Waals surface area contributed by atoms with Gasteiger partial charge in [0.05, 0.1) is 5.56 Å². The zero-order chi connectivity index (χ0) is 12.0. The number of rotatable bonds is 6. The first-order chi connectivity index (χ1) is 7.59. The molecule has 2 N–H and O–H groups in total. The third kappa shape index (κ3) is 4.43. The average Bonchev–Trinajstić information content (AvgIpc) is 2.25. The minimum Gasteiger partial charge on any atom is -0.366 e. The first-order valence-corrected chi connectivity index (χ1v) is 5.84. The van der Waals surface area contributed by atoms with Crippen LogP contribution in [0.1, 0.15) is 49.2 Å². The summed E-state index contributed by atoms with van der Waals surface area (Å²) in [7, 11) is 0. The number of nitrogens with zero attached hydrogens (tertiary/aromatic N) is 1. The van der Waals surface area contributed by atoms with E-state index in [-0.39, 0.29) is 0 Å². The highest BCUT2D eigenvalue weighted by Crippen LogP contribution is 2.09. The van der Waals surface area contributed by atoms with Crippen molar-refractivity contribution in [3.05, 3.63) is 29.6 Å². The van der Waals surface area contributed by atoms with Gasteiger partial charge in [0.2, 0.25) is 5.91 Å². The van der Waals surface area contributed by atoms with E-state index in [4.69, 9.17) is 5.73 Å². The lowest BCUT2D eigenvalue weighted by atomic mass is 10.0. The lowest BCUT2D eigenvalue weighted by Gasteiger charge is -2.04. The number of unbranched alkanes of at least 4 members (excludes halogenated alkanes) is 1. The van der Waals surface area contributed by atoms with Gasteiger partial charge in [0.1, 0.15) is 0 Å². The molecule has 0 aromatic carbocycles. The van der Waals surface area contributed by atoms with Gasteiger partial charge in [-0.1, -0.05) is 26.7 Å². The molecular weight excluding hydrogens is 200 g/mol. The summed E-state index contributed by atoms with van der Waals surface area (Å²) in [6, 6.07) is 3.63. The highest BCUT2D eigenvalue weighted by atomic mass is 16.1. The fourth-order valence-corrected chi connectivity index (χ4v) is 1.58. The van der Waals surface area contributed by atoms with Crippen molar-refractivity contribution in [3.63, 3.8) is 0 Å². The number of hydrogen-bond donors (Lipinski definition) is 1. The molecular formula is C13H20N2O. The molecule has 1 rings (SSSR count). The molecule has 0 fully saturated rings. The van der Waals surface area contributed by atoms with E-state index >= 15 is 0 Å². The summed E-state index contributed by atoms with van der Waals surface area (Å²) >= 11 is 0. The Kier molecular flexibility index (Phi) is 4.96. The monoisotopic (exact) mass is 220 g/mol. The number of nitrogens with two attached hydrogens (primary N) is 1. The fraction of sp³-hybridized carbons (Fsp3) is 0.538. The summed E-state index contributed by atoms with van der Waals surface area (Å²) in [6.07, 6.45) is 6.18. The van der Waals surface area contributed by atoms with Gasteiger partial charge in [-0.05, 0) is 30.9 Å². The van der Waals surface area contributed by atoms with E-state index in [0.29, 0.717) is 5.56 Å². The number of carbonyl (C=O) groups excluding carboxylic acids is 1. The van der Waals surface area contributed by atoms with Gasteiger partial charge in [-0.3, -0.25) is 9.78 Å². The Balaban J connectivity index is 2.35. The van der Waals surface area contributed by atoms with Gasteiger partial charge in [0.15, 0.2) is 0 Å². The van der Waals surface area contributed by atoms with Gasteiger partial charge in [-0.2, -0.15) is 0 Å². The number of amides is 1. The lowest BCUT2D eigenvalue weighted by Crippen LogP contribution is -2.11. The van der Waals surface area contributed by atoms with Crippen molar-refractivity contribution < 1.29 is 4.79 Å². The molecule has 0 saturated carbocycles. The second-order valence-corrected chi connectivity index (χ2v) is 4.54. The Morgan fingerprint density at radius 2 is 2.12 bits per heavy atom. The van der Waals surface area contributed by atoms with Crippen molar-refractivity contribution in [2.24, 2.45) is 11.7 Å². The molecule has 0 aliphatic carbocycles. The largest absolute Gasteiger partial charge is 0.366 e. The smallest absolute Gasteiger partial charge is 0.250 e. The maximum absolute atomic E-state index is 10.8. The molecule has 0 radical (unpaired) electrons. The van der Waals surface area contributed by atoms with E-state index in [1.165, 1.54) is 12.8 Å². The Bertz CT molecular complexity index is 330. The van der Waals surface area contributed by atoms with E-state index in [1.54, 1.807) is 12.3 Å². The van der Waals surface area contributed by atoms with Crippen LogP contribution < -0.4 is 5.73 Å². The molecule has 1 amide bonds. The molecule has 1 aromatic rings. The maximum atomic E-state index is 10.8. The van der Waals surface area contributed by atoms with Crippen LogP contribution in [0.5, 0.6) is 0 Å². The zero-order valence-corrected chi connectivity index (χ0v) is 10.1. The van der Waals surface area contributed by atoms with Gasteiger partial charge in [0, 0.05) is 11.9 Å². The lowest BCUT2D eigenvalue weighted by molar-refractivity contribution is 0.1000. The Morgan fingerprint density at radius 3 is 2.62 bits per heavy atom. The molecule has 0 aliphatic heterocycles. The highest BCUT2D eigenvalue weighted by Gasteiger charge is 2.01. The molecule has 1 aromatic heterocycles. The van der Waals surface area contributed by atoms with Crippen LogP contribution in [0.15, 0.2) is 18.3 Å². The Labute approximate surface area is 97.1 Å². The van der Waals surface area contributed by atoms with E-state index in [2.05, 4.69) is 18.8 Å². The standard InChI is InChI=1S/C13H20N2O/c1-10(2)5-3-4-6-12-8-7-11(9-15-12)13(14)16/h7-10H,3-6H2,1-2H3,(H2,14,16). The Hall–Kier alpha value is -1.38. The number of aromatic nitrogens is 1. The molecule has 0 unspecified atom stereocenters. The second kappa shape index (κ2) is 6.26. The van der Waals surface area contributed by atoms with Crippen LogP contribution in [0.3, 0.4) is 0 Å². The molecule has 3 heteroatoms. The normalized spacial score (nSPS) is 10.7. The topological polar surface area (TPSA) is 56.0 Å². The first-order valence-electron chi connectivity index (χ1n) is 5.84. The van der Waals surface area contributed by atoms with Crippen molar-refractivity contribution in [1.82, 2.24) is 4.98 Å². The molecule has 88 valence electrons. The van der Waals surface area contributed by atoms with Crippen molar-refractivity contribution in [2.75, 3.05) is 0 Å². The SMILES string of the molecule is CC(C)CCCCc1ccc(C(N)=O)cn1. The predicted molar refractivity (Wildman–Crippen MR) is 65.1 cm³/mol. The van der Waals surface area contributed by atoms with Gasteiger partial charge in [-0.25, -0.2) is 0 Å². The minimum absolute atomic E-state index is 0.418. The van der Waals surface area contributed by atoms with Crippen molar-refractivity contribution in [2.45, 2.75) is 39.5 Å². The number of aryl methyl sites for hydroxylation is 1. The summed E-state index contributed by atoms with van der Waals surface area (Å²) < 4.78 is 0. The van der Waals surface area contributed by atoms with Crippen LogP contribution in [-0.2, 0) is 6.42 Å². The van der Waals surface area contributed by atoms with Gasteiger partial charge in [0.25, 0.3) is 0 Å². The molecule has 0 aliphatic rings. The van der Waals surface area contributed by atoms with Crippen LogP contribution >= 0.6 is 0 Å². The molecule has 0 saturated heterocycles. The number of primary amides is 1. The first kappa shape index (κ1) is 12.7. The van der Waals surface area contributed by atoms with E-state index in [0.717, 1.165) is 24.5 Å². The van der Waals surface area contributed by atoms with Crippen molar-refractivity contribution in [1.29, 1.82) is 0 Å². The van der Waals surface area contributed by atoms with Crippen molar-refractivity contribution >= 4 is 5.91 Å². The van der Waals surface area contributed by atoms with Crippen LogP contribution in [-0.4, -0.2) is 10.9 Å². The van der Waals surface area contributed by atoms with Crippen molar-refractivity contribution in [3.8, 4) is 0 Å². The second-order valence-electron chi connectivity index (χ2n) is 4.54. The molecule has 0 spiro atoms. The molecule has 1 heterocycles. The number of pyridine rings is 1. The average molecular weight is 220 g/mol. The minimum atomic E-state index is -0.418. The third-order valence-electron chi connectivity index (χ3n) is 2.57. The summed E-state index contributed by atoms with van der Waals surface area (Å²) in [4.78, 5) is 15.0. The summed E-state index contributed by atoms with van der Waals surface area (Å²) in [5, 5.41) is 0. The number of hydrogen-bond acceptors (Lipinski definition) is 2. The van der Waals surface area contributed by atoms with E-state index in [1.807, 2.05) is 6.07 Å². The van der Waals surface area contributed by atoms with Gasteiger partial charge in [-0.15, -0.1) is 0 Å².